The summed E-state index contributed by atoms with van der Waals surface area (Å²) in [5, 5.41) is 0. The molecule has 3 heterocycles. The van der Waals surface area contributed by atoms with Crippen molar-refractivity contribution < 1.29 is 17.9 Å². The number of nitrogens with zero attached hydrogens (tertiary/aromatic N) is 3. The zero-order valence-corrected chi connectivity index (χ0v) is 12.4. The number of hydrogen-bond acceptors (Lipinski definition) is 4. The lowest BCUT2D eigenvalue weighted by Crippen LogP contribution is -2.45. The van der Waals surface area contributed by atoms with Gasteiger partial charge in [0, 0.05) is 38.4 Å². The van der Waals surface area contributed by atoms with Crippen LogP contribution in [0.25, 0.3) is 0 Å². The molecule has 1 atom stereocenters. The van der Waals surface area contributed by atoms with Gasteiger partial charge in [0.2, 0.25) is 0 Å². The molecular weight excluding hydrogens is 295 g/mol. The zero-order chi connectivity index (χ0) is 15.6. The van der Waals surface area contributed by atoms with E-state index in [4.69, 9.17) is 4.74 Å². The summed E-state index contributed by atoms with van der Waals surface area (Å²) >= 11 is 0. The van der Waals surface area contributed by atoms with Crippen molar-refractivity contribution in [1.82, 2.24) is 9.88 Å². The lowest BCUT2D eigenvalue weighted by molar-refractivity contribution is -0.137. The maximum absolute atomic E-state index is 12.6. The highest BCUT2D eigenvalue weighted by Crippen LogP contribution is 2.31. The molecule has 0 bridgehead atoms. The van der Waals surface area contributed by atoms with Gasteiger partial charge in [0.1, 0.15) is 5.82 Å². The molecule has 0 radical (unpaired) electrons. The van der Waals surface area contributed by atoms with Crippen molar-refractivity contribution in [3.8, 4) is 0 Å². The van der Waals surface area contributed by atoms with Crippen molar-refractivity contribution >= 4 is 5.82 Å². The Morgan fingerprint density at radius 3 is 2.59 bits per heavy atom. The molecule has 22 heavy (non-hydrogen) atoms. The van der Waals surface area contributed by atoms with E-state index in [9.17, 15) is 13.2 Å². The summed E-state index contributed by atoms with van der Waals surface area (Å²) in [7, 11) is 0. The van der Waals surface area contributed by atoms with Gasteiger partial charge in [-0.15, -0.1) is 0 Å². The first-order valence-corrected chi connectivity index (χ1v) is 7.64. The second kappa shape index (κ2) is 6.42. The van der Waals surface area contributed by atoms with E-state index in [1.54, 1.807) is 0 Å². The minimum atomic E-state index is -4.33. The molecule has 0 N–H and O–H groups in total. The van der Waals surface area contributed by atoms with Crippen LogP contribution in [0, 0.1) is 0 Å². The molecule has 3 rings (SSSR count). The number of alkyl halides is 3. The molecule has 122 valence electrons. The van der Waals surface area contributed by atoms with E-state index in [1.165, 1.54) is 6.07 Å². The van der Waals surface area contributed by atoms with Crippen LogP contribution in [0.15, 0.2) is 18.3 Å². The summed E-state index contributed by atoms with van der Waals surface area (Å²) in [6, 6.07) is 2.93. The van der Waals surface area contributed by atoms with Gasteiger partial charge in [0.05, 0.1) is 18.8 Å². The van der Waals surface area contributed by atoms with Crippen LogP contribution >= 0.6 is 0 Å². The van der Waals surface area contributed by atoms with E-state index in [-0.39, 0.29) is 0 Å². The third-order valence-electron chi connectivity index (χ3n) is 4.32. The molecule has 1 aromatic rings. The van der Waals surface area contributed by atoms with Crippen molar-refractivity contribution in [3.63, 3.8) is 0 Å². The Hall–Kier alpha value is -1.34. The van der Waals surface area contributed by atoms with E-state index < -0.39 is 11.7 Å². The first-order chi connectivity index (χ1) is 10.5. The topological polar surface area (TPSA) is 28.6 Å². The molecular formula is C15H20F3N3O. The highest BCUT2D eigenvalue weighted by molar-refractivity contribution is 5.42. The minimum Gasteiger partial charge on any atom is -0.379 e. The summed E-state index contributed by atoms with van der Waals surface area (Å²) < 4.78 is 43.2. The number of halogens is 3. The van der Waals surface area contributed by atoms with Gasteiger partial charge in [-0.1, -0.05) is 0 Å². The number of hydrogen-bond donors (Lipinski definition) is 0. The summed E-state index contributed by atoms with van der Waals surface area (Å²) in [5.41, 5.74) is -0.694. The summed E-state index contributed by atoms with van der Waals surface area (Å²) in [6.07, 6.45) is -1.29. The Kier molecular flexibility index (Phi) is 4.54. The van der Waals surface area contributed by atoms with Crippen molar-refractivity contribution in [2.75, 3.05) is 44.3 Å². The molecule has 2 aliphatic heterocycles. The average molecular weight is 315 g/mol. The smallest absolute Gasteiger partial charge is 0.379 e. The van der Waals surface area contributed by atoms with Crippen LogP contribution in [-0.4, -0.2) is 55.3 Å². The summed E-state index contributed by atoms with van der Waals surface area (Å²) in [5.74, 6) is 0.642. The predicted molar refractivity (Wildman–Crippen MR) is 76.9 cm³/mol. The number of pyridine rings is 1. The van der Waals surface area contributed by atoms with Crippen LogP contribution in [-0.2, 0) is 10.9 Å². The summed E-state index contributed by atoms with van der Waals surface area (Å²) in [4.78, 5) is 8.53. The molecule has 2 saturated heterocycles. The zero-order valence-electron chi connectivity index (χ0n) is 12.4. The average Bonchev–Trinajstić information content (AvgIpc) is 2.96. The van der Waals surface area contributed by atoms with E-state index in [2.05, 4.69) is 14.8 Å². The van der Waals surface area contributed by atoms with Crippen LogP contribution in [0.3, 0.4) is 0 Å². The van der Waals surface area contributed by atoms with Gasteiger partial charge in [0.15, 0.2) is 0 Å². The van der Waals surface area contributed by atoms with Crippen molar-refractivity contribution in [3.05, 3.63) is 23.9 Å². The second-order valence-corrected chi connectivity index (χ2v) is 5.81. The fourth-order valence-electron chi connectivity index (χ4n) is 3.13. The molecule has 0 aliphatic carbocycles. The van der Waals surface area contributed by atoms with Gasteiger partial charge in [0.25, 0.3) is 0 Å². The van der Waals surface area contributed by atoms with Crippen LogP contribution in [0.2, 0.25) is 0 Å². The van der Waals surface area contributed by atoms with Crippen LogP contribution in [0.5, 0.6) is 0 Å². The quantitative estimate of drug-likeness (QED) is 0.856. The standard InChI is InChI=1S/C15H20F3N3O/c16-15(17,18)12-3-4-14(19-10-12)21-5-1-2-13(21)11-20-6-8-22-9-7-20/h3-4,10,13H,1-2,5-9,11H2/t13-/m1/s1. The molecule has 0 aromatic carbocycles. The number of anilines is 1. The lowest BCUT2D eigenvalue weighted by Gasteiger charge is -2.33. The predicted octanol–water partition coefficient (Wildman–Crippen LogP) is 2.40. The largest absolute Gasteiger partial charge is 0.417 e. The summed E-state index contributed by atoms with van der Waals surface area (Å²) in [6.45, 7) is 5.13. The monoisotopic (exact) mass is 315 g/mol. The number of rotatable bonds is 3. The third kappa shape index (κ3) is 3.52. The van der Waals surface area contributed by atoms with Gasteiger partial charge < -0.3 is 9.64 Å². The molecule has 2 aliphatic rings. The van der Waals surface area contributed by atoms with Gasteiger partial charge >= 0.3 is 6.18 Å². The Labute approximate surface area is 127 Å². The molecule has 2 fully saturated rings. The minimum absolute atomic E-state index is 0.322. The Morgan fingerprint density at radius 2 is 1.95 bits per heavy atom. The van der Waals surface area contributed by atoms with Gasteiger partial charge in [-0.05, 0) is 25.0 Å². The highest BCUT2D eigenvalue weighted by Gasteiger charge is 2.32. The maximum atomic E-state index is 12.6. The van der Waals surface area contributed by atoms with Crippen molar-refractivity contribution in [1.29, 1.82) is 0 Å². The van der Waals surface area contributed by atoms with Gasteiger partial charge in [-0.2, -0.15) is 13.2 Å². The molecule has 0 amide bonds. The van der Waals surface area contributed by atoms with E-state index in [0.717, 1.165) is 64.5 Å². The van der Waals surface area contributed by atoms with E-state index in [0.29, 0.717) is 11.9 Å². The molecule has 4 nitrogen and oxygen atoms in total. The Bertz CT molecular complexity index is 486. The van der Waals surface area contributed by atoms with Crippen LogP contribution in [0.1, 0.15) is 18.4 Å². The number of morpholine rings is 1. The lowest BCUT2D eigenvalue weighted by atomic mass is 10.2. The molecule has 7 heteroatoms. The molecule has 0 spiro atoms. The Morgan fingerprint density at radius 1 is 1.18 bits per heavy atom. The maximum Gasteiger partial charge on any atom is 0.417 e. The second-order valence-electron chi connectivity index (χ2n) is 5.81. The molecule has 1 aromatic heterocycles. The fourth-order valence-corrected chi connectivity index (χ4v) is 3.13. The number of aromatic nitrogens is 1. The molecule has 0 saturated carbocycles. The van der Waals surface area contributed by atoms with Gasteiger partial charge in [-0.25, -0.2) is 4.98 Å². The third-order valence-corrected chi connectivity index (χ3v) is 4.32. The Balaban J connectivity index is 1.67. The van der Waals surface area contributed by atoms with Crippen LogP contribution in [0.4, 0.5) is 19.0 Å². The van der Waals surface area contributed by atoms with Crippen molar-refractivity contribution in [2.24, 2.45) is 0 Å². The normalized spacial score (nSPS) is 24.0. The molecule has 0 unspecified atom stereocenters. The number of ether oxygens (including phenoxy) is 1. The van der Waals surface area contributed by atoms with E-state index in [1.807, 2.05) is 0 Å². The van der Waals surface area contributed by atoms with E-state index >= 15 is 0 Å². The highest BCUT2D eigenvalue weighted by atomic mass is 19.4. The van der Waals surface area contributed by atoms with Crippen LogP contribution < -0.4 is 4.90 Å². The first-order valence-electron chi connectivity index (χ1n) is 7.64. The van der Waals surface area contributed by atoms with Gasteiger partial charge in [-0.3, -0.25) is 4.90 Å². The first kappa shape index (κ1) is 15.6. The fraction of sp³-hybridized carbons (Fsp3) is 0.667. The van der Waals surface area contributed by atoms with Crippen molar-refractivity contribution in [2.45, 2.75) is 25.1 Å². The SMILES string of the molecule is FC(F)(F)c1ccc(N2CCC[C@@H]2CN2CCOCC2)nc1.